The topological polar surface area (TPSA) is 236 Å². The third-order valence-electron chi connectivity index (χ3n) is 10.9. The fourth-order valence-electron chi connectivity index (χ4n) is 6.70. The average molecular weight is 931 g/mol. The van der Waals surface area contributed by atoms with Crippen molar-refractivity contribution >= 4 is 27.6 Å². The normalized spacial score (nSPS) is 15.6. The van der Waals surface area contributed by atoms with Gasteiger partial charge >= 0.3 is 27.6 Å². The Morgan fingerprint density at radius 2 is 1.03 bits per heavy atom. The fourth-order valence-corrected chi connectivity index (χ4v) is 7.86. The van der Waals surface area contributed by atoms with E-state index in [-0.39, 0.29) is 12.8 Å². The molecule has 0 aliphatic heterocycles. The Morgan fingerprint density at radius 1 is 0.548 bits per heavy atom. The molecule has 0 aliphatic rings. The number of aliphatic hydroxyl groups excluding tert-OH is 3. The van der Waals surface area contributed by atoms with E-state index in [1.54, 1.807) is 0 Å². The van der Waals surface area contributed by atoms with Crippen molar-refractivity contribution in [1.82, 2.24) is 0 Å². The predicted octanol–water partition coefficient (Wildman–Crippen LogP) is 10.3. The minimum absolute atomic E-state index is 0.0359. The van der Waals surface area contributed by atoms with Crippen molar-refractivity contribution in [1.29, 1.82) is 0 Å². The van der Waals surface area contributed by atoms with Gasteiger partial charge in [0, 0.05) is 12.8 Å². The first-order chi connectivity index (χ1) is 29.6. The number of allylic oxidation sites excluding steroid dienone is 1. The van der Waals surface area contributed by atoms with Crippen LogP contribution in [0, 0.1) is 5.92 Å². The molecule has 0 heterocycles. The summed E-state index contributed by atoms with van der Waals surface area (Å²) in [6, 6.07) is 0. The van der Waals surface area contributed by atoms with Gasteiger partial charge in [0.05, 0.1) is 32.0 Å². The largest absolute Gasteiger partial charge is 0.472 e. The number of hydrogen-bond acceptors (Lipinski definition) is 12. The van der Waals surface area contributed by atoms with E-state index in [4.69, 9.17) is 23.8 Å². The molecule has 0 aromatic rings. The number of aliphatic hydroxyl groups is 3. The van der Waals surface area contributed by atoms with Crippen molar-refractivity contribution in [3.63, 3.8) is 0 Å². The van der Waals surface area contributed by atoms with Gasteiger partial charge in [-0.3, -0.25) is 23.2 Å². The van der Waals surface area contributed by atoms with Crippen LogP contribution in [0.25, 0.3) is 0 Å². The standard InChI is InChI=1S/C45H88O15P2/c1-4-6-7-8-21-26-31-42(47)43(48)32-27-22-19-24-29-34-45(50)60-41(38-59-62(54,55)58-36-40(46)35-57-61(51,52)53)37-56-44(49)33-28-23-18-16-14-12-10-9-11-13-15-17-20-25-30-39(3)5-2/h21,26,39-43,46-48H,4-20,22-25,27-38H2,1-3H3,(H,54,55)(H2,51,52,53)/b26-21-/t39?,40-,41+,42-,43-/m0/s1. The zero-order valence-electron chi connectivity index (χ0n) is 38.6. The van der Waals surface area contributed by atoms with E-state index in [0.717, 1.165) is 63.7 Å². The lowest BCUT2D eigenvalue weighted by Crippen LogP contribution is -2.30. The van der Waals surface area contributed by atoms with Gasteiger partial charge in [-0.2, -0.15) is 0 Å². The second kappa shape index (κ2) is 40.1. The molecular weight excluding hydrogens is 842 g/mol. The van der Waals surface area contributed by atoms with Gasteiger partial charge in [0.15, 0.2) is 6.10 Å². The number of rotatable bonds is 45. The lowest BCUT2D eigenvalue weighted by Gasteiger charge is -2.20. The van der Waals surface area contributed by atoms with Crippen LogP contribution in [0.2, 0.25) is 0 Å². The summed E-state index contributed by atoms with van der Waals surface area (Å²) in [4.78, 5) is 52.8. The molecule has 0 saturated heterocycles. The Bertz CT molecular complexity index is 1200. The Kier molecular flexibility index (Phi) is 39.3. The van der Waals surface area contributed by atoms with Gasteiger partial charge in [0.2, 0.25) is 0 Å². The van der Waals surface area contributed by atoms with Gasteiger partial charge in [-0.25, -0.2) is 9.13 Å². The summed E-state index contributed by atoms with van der Waals surface area (Å²) in [6.45, 7) is 3.92. The lowest BCUT2D eigenvalue weighted by molar-refractivity contribution is -0.161. The van der Waals surface area contributed by atoms with Crippen LogP contribution in [0.4, 0.5) is 0 Å². The molecule has 0 saturated carbocycles. The second-order valence-electron chi connectivity index (χ2n) is 16.9. The average Bonchev–Trinajstić information content (AvgIpc) is 3.23. The predicted molar refractivity (Wildman–Crippen MR) is 242 cm³/mol. The summed E-state index contributed by atoms with van der Waals surface area (Å²) in [5.74, 6) is -0.278. The van der Waals surface area contributed by atoms with E-state index >= 15 is 0 Å². The maximum Gasteiger partial charge on any atom is 0.472 e. The van der Waals surface area contributed by atoms with Crippen LogP contribution < -0.4 is 0 Å². The number of ether oxygens (including phenoxy) is 2. The van der Waals surface area contributed by atoms with Crippen LogP contribution in [-0.2, 0) is 41.8 Å². The first kappa shape index (κ1) is 60.8. The zero-order chi connectivity index (χ0) is 46.3. The molecule has 0 bridgehead atoms. The molecule has 0 fully saturated rings. The highest BCUT2D eigenvalue weighted by Crippen LogP contribution is 2.44. The monoisotopic (exact) mass is 931 g/mol. The smallest absolute Gasteiger partial charge is 0.462 e. The Morgan fingerprint density at radius 3 is 1.56 bits per heavy atom. The number of hydrogen-bond donors (Lipinski definition) is 6. The number of esters is 2. The number of carbonyl (C=O) groups excluding carboxylic acids is 2. The van der Waals surface area contributed by atoms with Gasteiger partial charge in [-0.15, -0.1) is 0 Å². The zero-order valence-corrected chi connectivity index (χ0v) is 40.4. The van der Waals surface area contributed by atoms with Crippen molar-refractivity contribution in [3.05, 3.63) is 12.2 Å². The third-order valence-corrected chi connectivity index (χ3v) is 12.3. The molecule has 6 N–H and O–H groups in total. The maximum absolute atomic E-state index is 12.7. The number of carbonyl (C=O) groups is 2. The number of phosphoric acid groups is 2. The Hall–Kier alpha value is -1.22. The van der Waals surface area contributed by atoms with Crippen LogP contribution in [0.3, 0.4) is 0 Å². The summed E-state index contributed by atoms with van der Waals surface area (Å²) in [6.07, 6.45) is 27.9. The molecule has 17 heteroatoms. The van der Waals surface area contributed by atoms with E-state index in [0.29, 0.717) is 32.1 Å². The first-order valence-electron chi connectivity index (χ1n) is 23.9. The van der Waals surface area contributed by atoms with Crippen LogP contribution in [0.5, 0.6) is 0 Å². The third kappa shape index (κ3) is 41.5. The molecule has 0 aromatic carbocycles. The number of unbranched alkanes of at least 4 members (excludes halogenated alkanes) is 20. The van der Waals surface area contributed by atoms with E-state index in [1.165, 1.54) is 83.5 Å². The Labute approximate surface area is 374 Å². The van der Waals surface area contributed by atoms with E-state index in [9.17, 15) is 38.9 Å². The van der Waals surface area contributed by atoms with Crippen molar-refractivity contribution in [2.45, 2.75) is 231 Å². The fraction of sp³-hybridized carbons (Fsp3) is 0.911. The van der Waals surface area contributed by atoms with Crippen molar-refractivity contribution in [2.75, 3.05) is 26.4 Å². The highest BCUT2D eigenvalue weighted by Gasteiger charge is 2.28. The van der Waals surface area contributed by atoms with Gasteiger partial charge < -0.3 is 39.5 Å². The Balaban J connectivity index is 4.54. The van der Waals surface area contributed by atoms with Crippen LogP contribution >= 0.6 is 15.6 Å². The molecule has 2 unspecified atom stereocenters. The molecule has 0 aliphatic carbocycles. The SMILES string of the molecule is CCCCC/C=C\C[C@H](O)[C@@H](O)CCCCCCCC(=O)O[C@H](COC(=O)CCCCCCCCCCCCCCCCC(C)CC)COP(=O)(O)OC[C@@H](O)COP(=O)(O)O. The summed E-state index contributed by atoms with van der Waals surface area (Å²) in [7, 11) is -9.73. The molecule has 6 atom stereocenters. The van der Waals surface area contributed by atoms with Crippen molar-refractivity contribution in [2.24, 2.45) is 5.92 Å². The minimum atomic E-state index is -4.88. The van der Waals surface area contributed by atoms with E-state index < -0.39 is 78.4 Å². The van der Waals surface area contributed by atoms with Crippen molar-refractivity contribution in [3.8, 4) is 0 Å². The molecular formula is C45H88O15P2. The highest BCUT2D eigenvalue weighted by molar-refractivity contribution is 7.47. The van der Waals surface area contributed by atoms with Gasteiger partial charge in [0.1, 0.15) is 12.7 Å². The van der Waals surface area contributed by atoms with Crippen LogP contribution in [0.1, 0.15) is 207 Å². The number of phosphoric ester groups is 2. The summed E-state index contributed by atoms with van der Waals surface area (Å²) in [5, 5.41) is 30.2. The van der Waals surface area contributed by atoms with Gasteiger partial charge in [-0.1, -0.05) is 168 Å². The van der Waals surface area contributed by atoms with Crippen molar-refractivity contribution < 1.29 is 71.8 Å². The maximum atomic E-state index is 12.7. The molecule has 0 spiro atoms. The molecule has 0 radical (unpaired) electrons. The first-order valence-corrected chi connectivity index (χ1v) is 27.0. The summed E-state index contributed by atoms with van der Waals surface area (Å²) >= 11 is 0. The molecule has 15 nitrogen and oxygen atoms in total. The summed E-state index contributed by atoms with van der Waals surface area (Å²) in [5.41, 5.74) is 0. The second-order valence-corrected chi connectivity index (χ2v) is 19.6. The molecule has 0 amide bonds. The molecule has 62 heavy (non-hydrogen) atoms. The summed E-state index contributed by atoms with van der Waals surface area (Å²) < 4.78 is 47.8. The quantitative estimate of drug-likeness (QED) is 0.0144. The van der Waals surface area contributed by atoms with Crippen LogP contribution in [-0.4, -0.2) is 92.8 Å². The van der Waals surface area contributed by atoms with E-state index in [2.05, 4.69) is 29.8 Å². The lowest BCUT2D eigenvalue weighted by atomic mass is 9.99. The molecule has 0 rings (SSSR count). The highest BCUT2D eigenvalue weighted by atomic mass is 31.2. The molecule has 0 aromatic heterocycles. The molecule has 368 valence electrons. The minimum Gasteiger partial charge on any atom is -0.462 e. The van der Waals surface area contributed by atoms with Crippen LogP contribution in [0.15, 0.2) is 12.2 Å². The van der Waals surface area contributed by atoms with Gasteiger partial charge in [-0.05, 0) is 44.4 Å². The van der Waals surface area contributed by atoms with E-state index in [1.807, 2.05) is 12.2 Å². The van der Waals surface area contributed by atoms with Gasteiger partial charge in [0.25, 0.3) is 0 Å².